The Morgan fingerprint density at radius 1 is 1.29 bits per heavy atom. The van der Waals surface area contributed by atoms with Gasteiger partial charge in [-0.3, -0.25) is 9.59 Å². The summed E-state index contributed by atoms with van der Waals surface area (Å²) in [6.07, 6.45) is 1.25. The first-order valence-electron chi connectivity index (χ1n) is 7.01. The second-order valence-electron chi connectivity index (χ2n) is 5.12. The molecule has 1 saturated heterocycles. The van der Waals surface area contributed by atoms with Crippen LogP contribution in [0.1, 0.15) is 19.8 Å². The lowest BCUT2D eigenvalue weighted by Gasteiger charge is -2.18. The van der Waals surface area contributed by atoms with Crippen LogP contribution in [0.3, 0.4) is 0 Å². The molecule has 0 saturated carbocycles. The van der Waals surface area contributed by atoms with E-state index in [0.717, 1.165) is 17.9 Å². The molecule has 6 heteroatoms. The van der Waals surface area contributed by atoms with Gasteiger partial charge in [0.15, 0.2) is 16.6 Å². The molecule has 0 aromatic heterocycles. The third-order valence-electron chi connectivity index (χ3n) is 3.46. The van der Waals surface area contributed by atoms with Crippen molar-refractivity contribution in [2.75, 3.05) is 24.7 Å². The molecule has 21 heavy (non-hydrogen) atoms. The van der Waals surface area contributed by atoms with Gasteiger partial charge in [0, 0.05) is 43.3 Å². The van der Waals surface area contributed by atoms with Gasteiger partial charge in [0.2, 0.25) is 5.91 Å². The second-order valence-corrected chi connectivity index (χ2v) is 6.60. The fourth-order valence-electron chi connectivity index (χ4n) is 2.56. The summed E-state index contributed by atoms with van der Waals surface area (Å²) in [6, 6.07) is 5.56. The normalized spacial score (nSPS) is 21.3. The van der Waals surface area contributed by atoms with Gasteiger partial charge in [-0.1, -0.05) is 11.8 Å². The van der Waals surface area contributed by atoms with Crippen LogP contribution in [0.2, 0.25) is 0 Å². The van der Waals surface area contributed by atoms with Gasteiger partial charge in [0.1, 0.15) is 0 Å². The monoisotopic (exact) mass is 307 g/mol. The van der Waals surface area contributed by atoms with Gasteiger partial charge < -0.3 is 14.4 Å². The molecule has 2 heterocycles. The van der Waals surface area contributed by atoms with E-state index in [1.165, 1.54) is 18.7 Å². The summed E-state index contributed by atoms with van der Waals surface area (Å²) in [5.74, 6) is 1.45. The lowest BCUT2D eigenvalue weighted by molar-refractivity contribution is -0.117. The Balaban J connectivity index is 1.79. The van der Waals surface area contributed by atoms with Crippen LogP contribution in [0.25, 0.3) is 0 Å². The zero-order valence-electron chi connectivity index (χ0n) is 11.8. The van der Waals surface area contributed by atoms with E-state index in [1.54, 1.807) is 4.90 Å². The van der Waals surface area contributed by atoms with Gasteiger partial charge in [-0.15, -0.1) is 0 Å². The number of ether oxygens (including phenoxy) is 2. The summed E-state index contributed by atoms with van der Waals surface area (Å²) in [5, 5.41) is 0.0827. The standard InChI is InChI=1S/C15H17NO4S/c1-10(17)21-12-8-15(18)16(9-12)11-3-4-13-14(7-11)20-6-2-5-19-13/h3-4,7,12H,2,5-6,8-9H2,1H3. The highest BCUT2D eigenvalue weighted by molar-refractivity contribution is 8.14. The number of thioether (sulfide) groups is 1. The second kappa shape index (κ2) is 5.97. The fraction of sp³-hybridized carbons (Fsp3) is 0.467. The SMILES string of the molecule is CC(=O)SC1CC(=O)N(c2ccc3c(c2)OCCCO3)C1. The lowest BCUT2D eigenvalue weighted by Crippen LogP contribution is -2.24. The van der Waals surface area contributed by atoms with Crippen LogP contribution in [0.4, 0.5) is 5.69 Å². The van der Waals surface area contributed by atoms with Crippen LogP contribution in [0, 0.1) is 0 Å². The maximum Gasteiger partial charge on any atom is 0.228 e. The van der Waals surface area contributed by atoms with E-state index in [2.05, 4.69) is 0 Å². The number of carbonyl (C=O) groups is 2. The predicted octanol–water partition coefficient (Wildman–Crippen LogP) is 2.23. The van der Waals surface area contributed by atoms with Crippen molar-refractivity contribution in [2.24, 2.45) is 0 Å². The molecule has 1 amide bonds. The Morgan fingerprint density at radius 3 is 2.81 bits per heavy atom. The molecule has 2 aliphatic heterocycles. The van der Waals surface area contributed by atoms with Crippen molar-refractivity contribution in [3.63, 3.8) is 0 Å². The highest BCUT2D eigenvalue weighted by Crippen LogP contribution is 2.36. The molecule has 3 rings (SSSR count). The number of rotatable bonds is 2. The molecule has 5 nitrogen and oxygen atoms in total. The average molecular weight is 307 g/mol. The molecule has 0 N–H and O–H groups in total. The Labute approximate surface area is 127 Å². The maximum absolute atomic E-state index is 12.1. The zero-order chi connectivity index (χ0) is 14.8. The number of amides is 1. The summed E-state index contributed by atoms with van der Waals surface area (Å²) < 4.78 is 11.2. The molecule has 1 unspecified atom stereocenters. The summed E-state index contributed by atoms with van der Waals surface area (Å²) >= 11 is 1.24. The van der Waals surface area contributed by atoms with Crippen molar-refractivity contribution in [3.05, 3.63) is 18.2 Å². The number of fused-ring (bicyclic) bond motifs is 1. The van der Waals surface area contributed by atoms with E-state index >= 15 is 0 Å². The topological polar surface area (TPSA) is 55.8 Å². The molecule has 0 spiro atoms. The molecule has 1 fully saturated rings. The first-order valence-corrected chi connectivity index (χ1v) is 7.88. The van der Waals surface area contributed by atoms with Crippen molar-refractivity contribution >= 4 is 28.5 Å². The number of carbonyl (C=O) groups excluding carboxylic acids is 2. The fourth-order valence-corrected chi connectivity index (χ4v) is 3.48. The van der Waals surface area contributed by atoms with Crippen molar-refractivity contribution in [1.82, 2.24) is 0 Å². The molecule has 1 aromatic carbocycles. The van der Waals surface area contributed by atoms with E-state index in [4.69, 9.17) is 9.47 Å². The third-order valence-corrected chi connectivity index (χ3v) is 4.45. The van der Waals surface area contributed by atoms with Crippen molar-refractivity contribution < 1.29 is 19.1 Å². The largest absolute Gasteiger partial charge is 0.490 e. The quantitative estimate of drug-likeness (QED) is 0.838. The number of hydrogen-bond acceptors (Lipinski definition) is 5. The molecule has 0 bridgehead atoms. The van der Waals surface area contributed by atoms with Gasteiger partial charge in [-0.2, -0.15) is 0 Å². The first-order chi connectivity index (χ1) is 10.1. The van der Waals surface area contributed by atoms with Gasteiger partial charge in [-0.05, 0) is 12.1 Å². The average Bonchev–Trinajstić information content (AvgIpc) is 2.67. The van der Waals surface area contributed by atoms with E-state index in [9.17, 15) is 9.59 Å². The molecular formula is C15H17NO4S. The van der Waals surface area contributed by atoms with Crippen LogP contribution in [-0.2, 0) is 9.59 Å². The zero-order valence-corrected chi connectivity index (χ0v) is 12.6. The van der Waals surface area contributed by atoms with Crippen LogP contribution in [0.5, 0.6) is 11.5 Å². The summed E-state index contributed by atoms with van der Waals surface area (Å²) in [5.41, 5.74) is 0.802. The maximum atomic E-state index is 12.1. The lowest BCUT2D eigenvalue weighted by atomic mass is 10.2. The smallest absolute Gasteiger partial charge is 0.228 e. The minimum atomic E-state index is 0.0333. The van der Waals surface area contributed by atoms with Gasteiger partial charge in [-0.25, -0.2) is 0 Å². The predicted molar refractivity (Wildman–Crippen MR) is 81.1 cm³/mol. The van der Waals surface area contributed by atoms with Crippen molar-refractivity contribution in [2.45, 2.75) is 25.0 Å². The Hall–Kier alpha value is -1.69. The van der Waals surface area contributed by atoms with Crippen molar-refractivity contribution in [3.8, 4) is 11.5 Å². The van der Waals surface area contributed by atoms with Gasteiger partial charge >= 0.3 is 0 Å². The molecule has 0 radical (unpaired) electrons. The Bertz CT molecular complexity index is 575. The minimum Gasteiger partial charge on any atom is -0.490 e. The van der Waals surface area contributed by atoms with E-state index in [0.29, 0.717) is 31.9 Å². The van der Waals surface area contributed by atoms with Crippen LogP contribution >= 0.6 is 11.8 Å². The van der Waals surface area contributed by atoms with Crippen LogP contribution in [-0.4, -0.2) is 36.0 Å². The summed E-state index contributed by atoms with van der Waals surface area (Å²) in [7, 11) is 0. The highest BCUT2D eigenvalue weighted by Gasteiger charge is 2.32. The van der Waals surface area contributed by atoms with E-state index < -0.39 is 0 Å². The Kier molecular flexibility index (Phi) is 4.05. The van der Waals surface area contributed by atoms with Gasteiger partial charge in [0.25, 0.3) is 0 Å². The van der Waals surface area contributed by atoms with Crippen LogP contribution < -0.4 is 14.4 Å². The van der Waals surface area contributed by atoms with Crippen molar-refractivity contribution in [1.29, 1.82) is 0 Å². The number of hydrogen-bond donors (Lipinski definition) is 0. The summed E-state index contributed by atoms with van der Waals surface area (Å²) in [4.78, 5) is 25.0. The molecule has 0 aliphatic carbocycles. The molecule has 1 aromatic rings. The molecule has 112 valence electrons. The third kappa shape index (κ3) is 3.15. The molecule has 1 atom stereocenters. The molecule has 2 aliphatic rings. The van der Waals surface area contributed by atoms with E-state index in [-0.39, 0.29) is 16.3 Å². The molecular weight excluding hydrogens is 290 g/mol. The number of benzene rings is 1. The van der Waals surface area contributed by atoms with E-state index in [1.807, 2.05) is 18.2 Å². The summed E-state index contributed by atoms with van der Waals surface area (Å²) in [6.45, 7) is 3.35. The number of nitrogens with zero attached hydrogens (tertiary/aromatic N) is 1. The highest BCUT2D eigenvalue weighted by atomic mass is 32.2. The number of anilines is 1. The first kappa shape index (κ1) is 14.3. The van der Waals surface area contributed by atoms with Gasteiger partial charge in [0.05, 0.1) is 13.2 Å². The minimum absolute atomic E-state index is 0.0333. The van der Waals surface area contributed by atoms with Crippen LogP contribution in [0.15, 0.2) is 18.2 Å². The Morgan fingerprint density at radius 2 is 2.05 bits per heavy atom.